The SMILES string of the molecule is C=CC(=O)C(C(C)=O)c1cc(C(F)(F)F)cc(C(F)(F)F)c1. The second-order valence-corrected chi connectivity index (χ2v) is 4.49. The van der Waals surface area contributed by atoms with Gasteiger partial charge in [0.15, 0.2) is 5.78 Å². The number of benzene rings is 1. The summed E-state index contributed by atoms with van der Waals surface area (Å²) in [6.45, 7) is 3.99. The molecule has 0 amide bonds. The molecule has 0 radical (unpaired) electrons. The van der Waals surface area contributed by atoms with Crippen molar-refractivity contribution >= 4 is 11.6 Å². The third kappa shape index (κ3) is 3.96. The van der Waals surface area contributed by atoms with E-state index in [0.29, 0.717) is 18.2 Å². The Kier molecular flexibility index (Phi) is 4.84. The fourth-order valence-electron chi connectivity index (χ4n) is 1.86. The van der Waals surface area contributed by atoms with Crippen LogP contribution >= 0.6 is 0 Å². The average Bonchev–Trinajstić information content (AvgIpc) is 2.35. The van der Waals surface area contributed by atoms with Gasteiger partial charge in [-0.3, -0.25) is 9.59 Å². The topological polar surface area (TPSA) is 34.1 Å². The highest BCUT2D eigenvalue weighted by molar-refractivity contribution is 6.11. The second-order valence-electron chi connectivity index (χ2n) is 4.49. The number of allylic oxidation sites excluding steroid dienone is 1. The maximum atomic E-state index is 12.7. The minimum Gasteiger partial charge on any atom is -0.299 e. The highest BCUT2D eigenvalue weighted by Crippen LogP contribution is 2.38. The van der Waals surface area contributed by atoms with Crippen LogP contribution in [-0.4, -0.2) is 11.6 Å². The first-order valence-electron chi connectivity index (χ1n) is 5.84. The molecule has 1 rings (SSSR count). The fourth-order valence-corrected chi connectivity index (χ4v) is 1.86. The highest BCUT2D eigenvalue weighted by atomic mass is 19.4. The zero-order chi connectivity index (χ0) is 17.3. The molecular formula is C14H10F6O2. The Morgan fingerprint density at radius 3 is 1.68 bits per heavy atom. The lowest BCUT2D eigenvalue weighted by Crippen LogP contribution is -2.20. The van der Waals surface area contributed by atoms with Crippen LogP contribution in [0.15, 0.2) is 30.9 Å². The van der Waals surface area contributed by atoms with Crippen LogP contribution in [0.3, 0.4) is 0 Å². The van der Waals surface area contributed by atoms with Crippen molar-refractivity contribution in [2.24, 2.45) is 0 Å². The Labute approximate surface area is 121 Å². The minimum absolute atomic E-state index is 0.0704. The van der Waals surface area contributed by atoms with Crippen LogP contribution in [0.5, 0.6) is 0 Å². The molecule has 0 aromatic heterocycles. The number of alkyl halides is 6. The molecule has 0 fully saturated rings. The zero-order valence-electron chi connectivity index (χ0n) is 11.2. The largest absolute Gasteiger partial charge is 0.416 e. The molecule has 1 aromatic carbocycles. The van der Waals surface area contributed by atoms with Gasteiger partial charge in [0.1, 0.15) is 11.7 Å². The van der Waals surface area contributed by atoms with E-state index in [-0.39, 0.29) is 6.07 Å². The molecule has 0 saturated heterocycles. The van der Waals surface area contributed by atoms with Crippen LogP contribution in [0.25, 0.3) is 0 Å². The van der Waals surface area contributed by atoms with Gasteiger partial charge in [0, 0.05) is 0 Å². The first-order chi connectivity index (χ1) is 9.87. The van der Waals surface area contributed by atoms with Gasteiger partial charge in [0.05, 0.1) is 11.1 Å². The average molecular weight is 324 g/mol. The lowest BCUT2D eigenvalue weighted by molar-refractivity contribution is -0.143. The van der Waals surface area contributed by atoms with Gasteiger partial charge < -0.3 is 0 Å². The maximum absolute atomic E-state index is 12.7. The summed E-state index contributed by atoms with van der Waals surface area (Å²) >= 11 is 0. The Hall–Kier alpha value is -2.12. The van der Waals surface area contributed by atoms with Crippen molar-refractivity contribution in [1.82, 2.24) is 0 Å². The van der Waals surface area contributed by atoms with E-state index < -0.39 is 46.5 Å². The van der Waals surface area contributed by atoms with Crippen LogP contribution in [-0.2, 0) is 21.9 Å². The first kappa shape index (κ1) is 17.9. The van der Waals surface area contributed by atoms with Gasteiger partial charge in [0.25, 0.3) is 0 Å². The molecule has 0 saturated carbocycles. The molecule has 0 bridgehead atoms. The molecule has 0 N–H and O–H groups in total. The predicted molar refractivity (Wildman–Crippen MR) is 65.1 cm³/mol. The zero-order valence-corrected chi connectivity index (χ0v) is 11.2. The smallest absolute Gasteiger partial charge is 0.299 e. The van der Waals surface area contributed by atoms with Gasteiger partial charge in [0.2, 0.25) is 0 Å². The van der Waals surface area contributed by atoms with Crippen molar-refractivity contribution in [2.75, 3.05) is 0 Å². The summed E-state index contributed by atoms with van der Waals surface area (Å²) in [6.07, 6.45) is -9.41. The maximum Gasteiger partial charge on any atom is 0.416 e. The van der Waals surface area contributed by atoms with Gasteiger partial charge in [-0.1, -0.05) is 6.58 Å². The number of rotatable bonds is 4. The number of Topliss-reactive ketones (excluding diaryl/α,β-unsaturated/α-hetero) is 1. The molecule has 0 spiro atoms. The van der Waals surface area contributed by atoms with Crippen molar-refractivity contribution in [3.05, 3.63) is 47.5 Å². The highest BCUT2D eigenvalue weighted by Gasteiger charge is 2.38. The quantitative estimate of drug-likeness (QED) is 0.474. The van der Waals surface area contributed by atoms with Crippen molar-refractivity contribution in [3.8, 4) is 0 Å². The molecule has 8 heteroatoms. The lowest BCUT2D eigenvalue weighted by Gasteiger charge is -2.17. The monoisotopic (exact) mass is 324 g/mol. The molecular weight excluding hydrogens is 314 g/mol. The molecule has 0 aliphatic carbocycles. The number of carbonyl (C=O) groups is 2. The van der Waals surface area contributed by atoms with Crippen molar-refractivity contribution in [1.29, 1.82) is 0 Å². The molecule has 22 heavy (non-hydrogen) atoms. The van der Waals surface area contributed by atoms with Crippen LogP contribution in [0, 0.1) is 0 Å². The number of carbonyl (C=O) groups excluding carboxylic acids is 2. The number of hydrogen-bond donors (Lipinski definition) is 0. The molecule has 0 aliphatic rings. The second kappa shape index (κ2) is 5.94. The van der Waals surface area contributed by atoms with E-state index >= 15 is 0 Å². The molecule has 0 aliphatic heterocycles. The Morgan fingerprint density at radius 1 is 1.00 bits per heavy atom. The van der Waals surface area contributed by atoms with Gasteiger partial charge in [-0.2, -0.15) is 26.3 Å². The van der Waals surface area contributed by atoms with Gasteiger partial charge in [-0.25, -0.2) is 0 Å². The minimum atomic E-state index is -5.05. The van der Waals surface area contributed by atoms with E-state index in [4.69, 9.17) is 0 Å². The van der Waals surface area contributed by atoms with Crippen molar-refractivity contribution in [3.63, 3.8) is 0 Å². The first-order valence-corrected chi connectivity index (χ1v) is 5.84. The Balaban J connectivity index is 3.62. The molecule has 2 nitrogen and oxygen atoms in total. The van der Waals surface area contributed by atoms with Gasteiger partial charge in [-0.05, 0) is 36.8 Å². The summed E-state index contributed by atoms with van der Waals surface area (Å²) in [5, 5.41) is 0. The lowest BCUT2D eigenvalue weighted by atomic mass is 9.88. The summed E-state index contributed by atoms with van der Waals surface area (Å²) in [4.78, 5) is 23.0. The summed E-state index contributed by atoms with van der Waals surface area (Å²) < 4.78 is 76.4. The normalized spacial score (nSPS) is 13.6. The van der Waals surface area contributed by atoms with Gasteiger partial charge >= 0.3 is 12.4 Å². The molecule has 0 heterocycles. The van der Waals surface area contributed by atoms with Crippen LogP contribution in [0.2, 0.25) is 0 Å². The number of halogens is 6. The fraction of sp³-hybridized carbons (Fsp3) is 0.286. The van der Waals surface area contributed by atoms with E-state index in [2.05, 4.69) is 6.58 Å². The van der Waals surface area contributed by atoms with E-state index in [1.54, 1.807) is 0 Å². The van der Waals surface area contributed by atoms with Crippen LogP contribution in [0.4, 0.5) is 26.3 Å². The molecule has 1 aromatic rings. The Morgan fingerprint density at radius 2 is 1.41 bits per heavy atom. The predicted octanol–water partition coefficient (Wildman–Crippen LogP) is 4.15. The van der Waals surface area contributed by atoms with E-state index in [0.717, 1.165) is 6.92 Å². The summed E-state index contributed by atoms with van der Waals surface area (Å²) in [5.41, 5.74) is -3.83. The van der Waals surface area contributed by atoms with E-state index in [1.165, 1.54) is 0 Å². The van der Waals surface area contributed by atoms with Crippen molar-refractivity contribution in [2.45, 2.75) is 25.2 Å². The standard InChI is InChI=1S/C14H10F6O2/c1-3-11(22)12(7(2)21)8-4-9(13(15,16)17)6-10(5-8)14(18,19)20/h3-6,12H,1H2,2H3. The number of hydrogen-bond acceptors (Lipinski definition) is 2. The molecule has 120 valence electrons. The molecule has 1 atom stereocenters. The van der Waals surface area contributed by atoms with Gasteiger partial charge in [-0.15, -0.1) is 0 Å². The summed E-state index contributed by atoms with van der Waals surface area (Å²) in [6, 6.07) is 0.657. The van der Waals surface area contributed by atoms with Crippen molar-refractivity contribution < 1.29 is 35.9 Å². The van der Waals surface area contributed by atoms with E-state index in [9.17, 15) is 35.9 Å². The third-order valence-electron chi connectivity index (χ3n) is 2.84. The van der Waals surface area contributed by atoms with E-state index in [1.807, 2.05) is 0 Å². The van der Waals surface area contributed by atoms with Crippen LogP contribution < -0.4 is 0 Å². The number of ketones is 2. The third-order valence-corrected chi connectivity index (χ3v) is 2.84. The van der Waals surface area contributed by atoms with Crippen LogP contribution in [0.1, 0.15) is 29.5 Å². The molecule has 1 unspecified atom stereocenters. The Bertz CT molecular complexity index is 580. The summed E-state index contributed by atoms with van der Waals surface area (Å²) in [7, 11) is 0. The summed E-state index contributed by atoms with van der Waals surface area (Å²) in [5.74, 6) is -3.60.